The molecule has 4 nitrogen and oxygen atoms in total. The molecule has 1 aliphatic rings. The lowest BCUT2D eigenvalue weighted by Crippen LogP contribution is -3.16. The molecular weight excluding hydrogens is 368 g/mol. The summed E-state index contributed by atoms with van der Waals surface area (Å²) < 4.78 is 6.68. The van der Waals surface area contributed by atoms with E-state index in [1.165, 1.54) is 10.6 Å². The Morgan fingerprint density at radius 3 is 2.38 bits per heavy atom. The van der Waals surface area contributed by atoms with Gasteiger partial charge in [0.25, 0.3) is 0 Å². The molecule has 0 bridgehead atoms. The third-order valence-electron chi connectivity index (χ3n) is 4.37. The van der Waals surface area contributed by atoms with E-state index in [0.29, 0.717) is 6.61 Å². The molecule has 24 heavy (non-hydrogen) atoms. The summed E-state index contributed by atoms with van der Waals surface area (Å²) in [5, 5.41) is 10.2. The summed E-state index contributed by atoms with van der Waals surface area (Å²) in [6.45, 7) is 5.22. The molecule has 2 N–H and O–H groups in total. The number of benzene rings is 2. The average Bonchev–Trinajstić information content (AvgIpc) is 2.63. The molecular formula is C19H24BrN2O2+. The first-order chi connectivity index (χ1) is 11.7. The molecule has 0 aliphatic carbocycles. The Hall–Kier alpha value is -1.56. The Bertz CT molecular complexity index is 613. The average molecular weight is 392 g/mol. The predicted octanol–water partition coefficient (Wildman–Crippen LogP) is 1.59. The fourth-order valence-electron chi connectivity index (χ4n) is 3.04. The number of aliphatic hydroxyl groups excluding tert-OH is 1. The van der Waals surface area contributed by atoms with Gasteiger partial charge in [0.1, 0.15) is 25.0 Å². The Balaban J connectivity index is 1.40. The van der Waals surface area contributed by atoms with Crippen molar-refractivity contribution >= 4 is 21.6 Å². The molecule has 1 atom stereocenters. The maximum atomic E-state index is 10.2. The van der Waals surface area contributed by atoms with Crippen LogP contribution in [0.1, 0.15) is 0 Å². The zero-order valence-electron chi connectivity index (χ0n) is 13.7. The number of ether oxygens (including phenoxy) is 1. The molecule has 1 aliphatic heterocycles. The van der Waals surface area contributed by atoms with Crippen molar-refractivity contribution in [3.05, 3.63) is 59.1 Å². The number of nitrogens with one attached hydrogen (secondary N) is 1. The second-order valence-electron chi connectivity index (χ2n) is 6.20. The van der Waals surface area contributed by atoms with Gasteiger partial charge in [0.15, 0.2) is 0 Å². The standard InChI is InChI=1S/C19H23BrN2O2/c20-16-6-8-19(9-7-16)24-15-18(23)14-21-10-12-22(13-11-21)17-4-2-1-3-5-17/h1-9,18,23H,10-15H2/p+1/t18-/m1/s1. The number of piperazine rings is 1. The number of nitrogens with zero attached hydrogens (tertiary/aromatic N) is 1. The van der Waals surface area contributed by atoms with Crippen LogP contribution in [0.25, 0.3) is 0 Å². The van der Waals surface area contributed by atoms with Gasteiger partial charge in [-0.05, 0) is 36.4 Å². The van der Waals surface area contributed by atoms with Crippen molar-refractivity contribution in [2.24, 2.45) is 0 Å². The molecule has 0 saturated carbocycles. The maximum Gasteiger partial charge on any atom is 0.137 e. The molecule has 1 saturated heterocycles. The molecule has 1 heterocycles. The van der Waals surface area contributed by atoms with Crippen LogP contribution in [-0.4, -0.2) is 50.5 Å². The summed E-state index contributed by atoms with van der Waals surface area (Å²) in [5.74, 6) is 0.793. The normalized spacial score (nSPS) is 16.8. The van der Waals surface area contributed by atoms with Gasteiger partial charge in [-0.3, -0.25) is 0 Å². The minimum atomic E-state index is -0.438. The number of hydrogen-bond acceptors (Lipinski definition) is 3. The second kappa shape index (κ2) is 8.51. The van der Waals surface area contributed by atoms with E-state index in [9.17, 15) is 5.11 Å². The lowest BCUT2D eigenvalue weighted by Gasteiger charge is -2.34. The zero-order chi connectivity index (χ0) is 16.8. The highest BCUT2D eigenvalue weighted by atomic mass is 79.9. The number of rotatable bonds is 6. The van der Waals surface area contributed by atoms with E-state index in [1.807, 2.05) is 30.3 Å². The van der Waals surface area contributed by atoms with Crippen molar-refractivity contribution < 1.29 is 14.7 Å². The predicted molar refractivity (Wildman–Crippen MR) is 99.9 cm³/mol. The smallest absolute Gasteiger partial charge is 0.137 e. The molecule has 5 heteroatoms. The number of hydrogen-bond donors (Lipinski definition) is 2. The molecule has 0 spiro atoms. The van der Waals surface area contributed by atoms with Crippen molar-refractivity contribution in [1.29, 1.82) is 0 Å². The molecule has 0 radical (unpaired) electrons. The summed E-state index contributed by atoms with van der Waals surface area (Å²) in [6.07, 6.45) is -0.438. The van der Waals surface area contributed by atoms with Crippen molar-refractivity contribution in [2.45, 2.75) is 6.10 Å². The van der Waals surface area contributed by atoms with Gasteiger partial charge in [0, 0.05) is 10.2 Å². The number of para-hydroxylation sites is 1. The molecule has 0 unspecified atom stereocenters. The van der Waals surface area contributed by atoms with Crippen molar-refractivity contribution in [1.82, 2.24) is 0 Å². The largest absolute Gasteiger partial charge is 0.491 e. The first-order valence-corrected chi connectivity index (χ1v) is 9.20. The monoisotopic (exact) mass is 391 g/mol. The molecule has 128 valence electrons. The number of halogens is 1. The Morgan fingerprint density at radius 2 is 1.71 bits per heavy atom. The van der Waals surface area contributed by atoms with Crippen molar-refractivity contribution in [3.63, 3.8) is 0 Å². The third kappa shape index (κ3) is 4.97. The Labute approximate surface area is 151 Å². The maximum absolute atomic E-state index is 10.2. The van der Waals surface area contributed by atoms with Crippen LogP contribution in [0.3, 0.4) is 0 Å². The van der Waals surface area contributed by atoms with Crippen LogP contribution >= 0.6 is 15.9 Å². The summed E-state index contributed by atoms with van der Waals surface area (Å²) in [7, 11) is 0. The van der Waals surface area contributed by atoms with Crippen molar-refractivity contribution in [2.75, 3.05) is 44.2 Å². The minimum Gasteiger partial charge on any atom is -0.491 e. The van der Waals surface area contributed by atoms with Crippen LogP contribution in [0.5, 0.6) is 5.75 Å². The highest BCUT2D eigenvalue weighted by Gasteiger charge is 2.22. The van der Waals surface area contributed by atoms with Crippen LogP contribution in [0.4, 0.5) is 5.69 Å². The first kappa shape index (κ1) is 17.3. The third-order valence-corrected chi connectivity index (χ3v) is 4.90. The lowest BCUT2D eigenvalue weighted by molar-refractivity contribution is -0.903. The molecule has 1 fully saturated rings. The summed E-state index contributed by atoms with van der Waals surface area (Å²) in [5.41, 5.74) is 1.29. The fraction of sp³-hybridized carbons (Fsp3) is 0.368. The zero-order valence-corrected chi connectivity index (χ0v) is 15.3. The Kier molecular flexibility index (Phi) is 6.12. The van der Waals surface area contributed by atoms with E-state index >= 15 is 0 Å². The molecule has 3 rings (SSSR count). The van der Waals surface area contributed by atoms with E-state index in [0.717, 1.165) is 42.9 Å². The van der Waals surface area contributed by atoms with Gasteiger partial charge in [0.2, 0.25) is 0 Å². The van der Waals surface area contributed by atoms with E-state index in [2.05, 4.69) is 45.1 Å². The van der Waals surface area contributed by atoms with Crippen molar-refractivity contribution in [3.8, 4) is 5.75 Å². The number of quaternary nitrogens is 1. The Morgan fingerprint density at radius 1 is 1.04 bits per heavy atom. The SMILES string of the molecule is O[C@@H](COc1ccc(Br)cc1)C[NH+]1CCN(c2ccccc2)CC1. The molecule has 0 aromatic heterocycles. The molecule has 0 amide bonds. The second-order valence-corrected chi connectivity index (χ2v) is 7.11. The first-order valence-electron chi connectivity index (χ1n) is 8.41. The quantitative estimate of drug-likeness (QED) is 0.784. The van der Waals surface area contributed by atoms with Gasteiger partial charge in [-0.2, -0.15) is 0 Å². The van der Waals surface area contributed by atoms with Gasteiger partial charge < -0.3 is 19.6 Å². The minimum absolute atomic E-state index is 0.341. The van der Waals surface area contributed by atoms with Gasteiger partial charge in [-0.25, -0.2) is 0 Å². The van der Waals surface area contributed by atoms with Crippen LogP contribution in [0.2, 0.25) is 0 Å². The van der Waals surface area contributed by atoms with Gasteiger partial charge in [-0.1, -0.05) is 34.1 Å². The topological polar surface area (TPSA) is 37.1 Å². The highest BCUT2D eigenvalue weighted by Crippen LogP contribution is 2.16. The van der Waals surface area contributed by atoms with E-state index in [-0.39, 0.29) is 0 Å². The van der Waals surface area contributed by atoms with Crippen LogP contribution < -0.4 is 14.5 Å². The fourth-order valence-corrected chi connectivity index (χ4v) is 3.30. The highest BCUT2D eigenvalue weighted by molar-refractivity contribution is 9.10. The van der Waals surface area contributed by atoms with E-state index in [1.54, 1.807) is 0 Å². The summed E-state index contributed by atoms with van der Waals surface area (Å²) >= 11 is 3.40. The molecule has 2 aromatic rings. The van der Waals surface area contributed by atoms with Crippen LogP contribution in [-0.2, 0) is 0 Å². The van der Waals surface area contributed by atoms with Crippen LogP contribution in [0.15, 0.2) is 59.1 Å². The van der Waals surface area contributed by atoms with E-state index in [4.69, 9.17) is 4.74 Å². The number of aliphatic hydroxyl groups is 1. The molecule has 2 aromatic carbocycles. The summed E-state index contributed by atoms with van der Waals surface area (Å²) in [6, 6.07) is 18.2. The lowest BCUT2D eigenvalue weighted by atomic mass is 10.2. The summed E-state index contributed by atoms with van der Waals surface area (Å²) in [4.78, 5) is 3.85. The van der Waals surface area contributed by atoms with Crippen LogP contribution in [0, 0.1) is 0 Å². The van der Waals surface area contributed by atoms with E-state index < -0.39 is 6.10 Å². The number of anilines is 1. The van der Waals surface area contributed by atoms with Gasteiger partial charge in [0.05, 0.1) is 26.2 Å². The van der Waals surface area contributed by atoms with Gasteiger partial charge >= 0.3 is 0 Å². The van der Waals surface area contributed by atoms with Gasteiger partial charge in [-0.15, -0.1) is 0 Å².